The van der Waals surface area contributed by atoms with Crippen LogP contribution >= 0.6 is 0 Å². The Labute approximate surface area is 121 Å². The van der Waals surface area contributed by atoms with Gasteiger partial charge in [-0.1, -0.05) is 36.4 Å². The average Bonchev–Trinajstić information content (AvgIpc) is 2.49. The van der Waals surface area contributed by atoms with Gasteiger partial charge in [0, 0.05) is 0 Å². The summed E-state index contributed by atoms with van der Waals surface area (Å²) in [5.74, 6) is 0. The van der Waals surface area contributed by atoms with E-state index < -0.39 is 0 Å². The minimum atomic E-state index is 1.31. The van der Waals surface area contributed by atoms with Gasteiger partial charge in [-0.25, -0.2) is 0 Å². The van der Waals surface area contributed by atoms with Crippen molar-refractivity contribution in [1.29, 1.82) is 0 Å². The Bertz CT molecular complexity index is 508. The number of aryl methyl sites for hydroxylation is 4. The fourth-order valence-corrected chi connectivity index (χ4v) is 1.84. The number of carbonyl (C=O) groups excluding carboxylic acids is 2. The lowest BCUT2D eigenvalue weighted by Gasteiger charge is -2.08. The molecular formula is C18H22O2. The molecule has 0 atom stereocenters. The maximum absolute atomic E-state index is 8.00. The monoisotopic (exact) mass is 270 g/mol. The molecule has 106 valence electrons. The van der Waals surface area contributed by atoms with Gasteiger partial charge >= 0.3 is 0 Å². The van der Waals surface area contributed by atoms with Gasteiger partial charge in [0.15, 0.2) is 0 Å². The molecule has 2 aromatic rings. The first-order chi connectivity index (χ1) is 9.58. The first kappa shape index (κ1) is 17.8. The molecule has 0 radical (unpaired) electrons. The molecule has 20 heavy (non-hydrogen) atoms. The fraction of sp³-hybridized carbons (Fsp3) is 0.222. The molecule has 2 aromatic carbocycles. The lowest BCUT2D eigenvalue weighted by Crippen LogP contribution is -1.86. The molecule has 0 heterocycles. The van der Waals surface area contributed by atoms with Crippen LogP contribution in [0.25, 0.3) is 11.1 Å². The summed E-state index contributed by atoms with van der Waals surface area (Å²) in [6, 6.07) is 13.3. The smallest absolute Gasteiger partial charge is 0.106 e. The van der Waals surface area contributed by atoms with Crippen molar-refractivity contribution in [1.82, 2.24) is 0 Å². The first-order valence-corrected chi connectivity index (χ1v) is 6.30. The van der Waals surface area contributed by atoms with Crippen LogP contribution in [0, 0.1) is 27.7 Å². The van der Waals surface area contributed by atoms with Crippen molar-refractivity contribution in [2.24, 2.45) is 0 Å². The van der Waals surface area contributed by atoms with E-state index in [1.807, 2.05) is 13.6 Å². The molecule has 0 spiro atoms. The first-order valence-electron chi connectivity index (χ1n) is 6.30. The van der Waals surface area contributed by atoms with Crippen LogP contribution in [-0.2, 0) is 9.59 Å². The number of hydrogen-bond acceptors (Lipinski definition) is 2. The highest BCUT2D eigenvalue weighted by Gasteiger charge is 2.01. The van der Waals surface area contributed by atoms with E-state index in [1.54, 1.807) is 0 Å². The SMILES string of the molecule is C=O.C=O.Cc1ccc(-c2ccc(C)c(C)c2)cc1C. The van der Waals surface area contributed by atoms with E-state index in [-0.39, 0.29) is 0 Å². The van der Waals surface area contributed by atoms with Gasteiger partial charge in [0.25, 0.3) is 0 Å². The highest BCUT2D eigenvalue weighted by molar-refractivity contribution is 5.66. The van der Waals surface area contributed by atoms with E-state index in [1.165, 1.54) is 33.4 Å². The number of benzene rings is 2. The molecule has 0 unspecified atom stereocenters. The largest absolute Gasteiger partial charge is 0.307 e. The second-order valence-corrected chi connectivity index (χ2v) is 4.60. The van der Waals surface area contributed by atoms with Gasteiger partial charge < -0.3 is 9.59 Å². The predicted molar refractivity (Wildman–Crippen MR) is 85.1 cm³/mol. The second kappa shape index (κ2) is 8.81. The van der Waals surface area contributed by atoms with Crippen molar-refractivity contribution < 1.29 is 9.59 Å². The van der Waals surface area contributed by atoms with Crippen LogP contribution in [0.4, 0.5) is 0 Å². The van der Waals surface area contributed by atoms with Crippen molar-refractivity contribution >= 4 is 13.6 Å². The average molecular weight is 270 g/mol. The standard InChI is InChI=1S/C16H18.2CH2O/c1-11-5-7-15(9-13(11)3)16-8-6-12(2)14(4)10-16;2*1-2/h5-10H,1-4H3;2*1H2. The van der Waals surface area contributed by atoms with E-state index in [0.717, 1.165) is 0 Å². The van der Waals surface area contributed by atoms with Crippen molar-refractivity contribution in [3.8, 4) is 11.1 Å². The third-order valence-electron chi connectivity index (χ3n) is 3.35. The van der Waals surface area contributed by atoms with Gasteiger partial charge in [0.2, 0.25) is 0 Å². The molecule has 0 bridgehead atoms. The Morgan fingerprint density at radius 2 is 0.850 bits per heavy atom. The zero-order chi connectivity index (χ0) is 15.7. The third-order valence-corrected chi connectivity index (χ3v) is 3.35. The summed E-state index contributed by atoms with van der Waals surface area (Å²) in [6.07, 6.45) is 0. The summed E-state index contributed by atoms with van der Waals surface area (Å²) in [5.41, 5.74) is 8.05. The topological polar surface area (TPSA) is 34.1 Å². The highest BCUT2D eigenvalue weighted by Crippen LogP contribution is 2.24. The van der Waals surface area contributed by atoms with Crippen molar-refractivity contribution in [3.05, 3.63) is 58.7 Å². The van der Waals surface area contributed by atoms with Gasteiger partial charge in [0.1, 0.15) is 13.6 Å². The molecule has 2 rings (SSSR count). The molecule has 0 aromatic heterocycles. The molecule has 0 N–H and O–H groups in total. The Morgan fingerprint density at radius 3 is 1.10 bits per heavy atom. The van der Waals surface area contributed by atoms with Gasteiger partial charge in [-0.15, -0.1) is 0 Å². The van der Waals surface area contributed by atoms with Gasteiger partial charge in [-0.3, -0.25) is 0 Å². The second-order valence-electron chi connectivity index (χ2n) is 4.60. The zero-order valence-electron chi connectivity index (χ0n) is 12.7. The molecule has 0 saturated carbocycles. The van der Waals surface area contributed by atoms with E-state index in [2.05, 4.69) is 64.1 Å². The van der Waals surface area contributed by atoms with Crippen molar-refractivity contribution in [2.45, 2.75) is 27.7 Å². The van der Waals surface area contributed by atoms with E-state index in [9.17, 15) is 0 Å². The van der Waals surface area contributed by atoms with Crippen LogP contribution in [0.15, 0.2) is 36.4 Å². The minimum Gasteiger partial charge on any atom is -0.307 e. The molecule has 0 aliphatic rings. The van der Waals surface area contributed by atoms with Crippen molar-refractivity contribution in [2.75, 3.05) is 0 Å². The van der Waals surface area contributed by atoms with Crippen LogP contribution in [-0.4, -0.2) is 13.6 Å². The highest BCUT2D eigenvalue weighted by atomic mass is 16.1. The summed E-state index contributed by atoms with van der Waals surface area (Å²) in [6.45, 7) is 12.6. The van der Waals surface area contributed by atoms with Crippen LogP contribution in [0.3, 0.4) is 0 Å². The molecule has 2 heteroatoms. The molecule has 0 fully saturated rings. The summed E-state index contributed by atoms with van der Waals surface area (Å²) in [7, 11) is 0. The summed E-state index contributed by atoms with van der Waals surface area (Å²) < 4.78 is 0. The zero-order valence-corrected chi connectivity index (χ0v) is 12.7. The van der Waals surface area contributed by atoms with Gasteiger partial charge in [0.05, 0.1) is 0 Å². The van der Waals surface area contributed by atoms with E-state index >= 15 is 0 Å². The van der Waals surface area contributed by atoms with Crippen LogP contribution in [0.2, 0.25) is 0 Å². The molecule has 0 aliphatic heterocycles. The summed E-state index contributed by atoms with van der Waals surface area (Å²) >= 11 is 0. The molecular weight excluding hydrogens is 248 g/mol. The van der Waals surface area contributed by atoms with E-state index in [4.69, 9.17) is 9.59 Å². The summed E-state index contributed by atoms with van der Waals surface area (Å²) in [4.78, 5) is 16.0. The normalized spacial score (nSPS) is 8.80. The molecule has 0 saturated heterocycles. The Kier molecular flexibility index (Phi) is 7.83. The lowest BCUT2D eigenvalue weighted by atomic mass is 9.98. The Hall–Kier alpha value is -2.22. The van der Waals surface area contributed by atoms with Crippen LogP contribution in [0.1, 0.15) is 22.3 Å². The Morgan fingerprint density at radius 1 is 0.550 bits per heavy atom. The number of rotatable bonds is 1. The number of hydrogen-bond donors (Lipinski definition) is 0. The van der Waals surface area contributed by atoms with Gasteiger partial charge in [-0.05, 0) is 61.1 Å². The summed E-state index contributed by atoms with van der Waals surface area (Å²) in [5, 5.41) is 0. The predicted octanol–water partition coefficient (Wildman–Crippen LogP) is 4.22. The van der Waals surface area contributed by atoms with Crippen LogP contribution < -0.4 is 0 Å². The lowest BCUT2D eigenvalue weighted by molar-refractivity contribution is -0.0987. The number of carbonyl (C=O) groups is 2. The van der Waals surface area contributed by atoms with Gasteiger partial charge in [-0.2, -0.15) is 0 Å². The molecule has 2 nitrogen and oxygen atoms in total. The van der Waals surface area contributed by atoms with E-state index in [0.29, 0.717) is 0 Å². The third kappa shape index (κ3) is 4.47. The quantitative estimate of drug-likeness (QED) is 0.777. The molecule has 0 amide bonds. The minimum absolute atomic E-state index is 1.31. The Balaban J connectivity index is 0.000000829. The van der Waals surface area contributed by atoms with Crippen LogP contribution in [0.5, 0.6) is 0 Å². The molecule has 0 aliphatic carbocycles. The van der Waals surface area contributed by atoms with Crippen molar-refractivity contribution in [3.63, 3.8) is 0 Å². The fourth-order valence-electron chi connectivity index (χ4n) is 1.84. The maximum Gasteiger partial charge on any atom is 0.106 e. The maximum atomic E-state index is 8.00.